The summed E-state index contributed by atoms with van der Waals surface area (Å²) >= 11 is 0. The second-order valence-electron chi connectivity index (χ2n) is 5.86. The van der Waals surface area contributed by atoms with Crippen molar-refractivity contribution in [1.29, 1.82) is 0 Å². The number of carbonyl (C=O) groups excluding carboxylic acids is 1. The first-order valence-corrected chi connectivity index (χ1v) is 6.60. The van der Waals surface area contributed by atoms with E-state index < -0.39 is 5.60 Å². The van der Waals surface area contributed by atoms with Gasteiger partial charge in [0.2, 0.25) is 0 Å². The molecule has 0 saturated heterocycles. The average molecular weight is 263 g/mol. The zero-order valence-electron chi connectivity index (χ0n) is 11.9. The minimum absolute atomic E-state index is 0.0784. The van der Waals surface area contributed by atoms with E-state index in [1.807, 2.05) is 18.2 Å². The molecule has 1 aliphatic rings. The molecular weight excluding hydrogens is 242 g/mol. The Morgan fingerprint density at radius 3 is 2.63 bits per heavy atom. The van der Waals surface area contributed by atoms with Crippen LogP contribution in [0.2, 0.25) is 0 Å². The highest BCUT2D eigenvalue weighted by atomic mass is 16.5. The molecule has 0 radical (unpaired) electrons. The van der Waals surface area contributed by atoms with E-state index in [1.54, 1.807) is 13.8 Å². The molecule has 1 aliphatic heterocycles. The maximum atomic E-state index is 11.8. The number of anilines is 1. The summed E-state index contributed by atoms with van der Waals surface area (Å²) in [7, 11) is 0. The number of amides is 1. The lowest BCUT2D eigenvalue weighted by Gasteiger charge is -2.32. The second kappa shape index (κ2) is 4.85. The van der Waals surface area contributed by atoms with Gasteiger partial charge in [0.05, 0.1) is 12.3 Å². The Morgan fingerprint density at radius 2 is 2.05 bits per heavy atom. The molecule has 0 bridgehead atoms. The van der Waals surface area contributed by atoms with E-state index in [2.05, 4.69) is 19.2 Å². The highest BCUT2D eigenvalue weighted by Crippen LogP contribution is 2.37. The molecule has 1 heterocycles. The van der Waals surface area contributed by atoms with Gasteiger partial charge in [0, 0.05) is 5.92 Å². The highest BCUT2D eigenvalue weighted by Gasteiger charge is 2.35. The second-order valence-corrected chi connectivity index (χ2v) is 5.86. The third kappa shape index (κ3) is 2.59. The fraction of sp³-hybridized carbons (Fsp3) is 0.533. The average Bonchev–Trinajstić information content (AvgIpc) is 2.31. The van der Waals surface area contributed by atoms with Crippen LogP contribution in [0.15, 0.2) is 18.2 Å². The Labute approximate surface area is 113 Å². The van der Waals surface area contributed by atoms with Crippen LogP contribution in [0.4, 0.5) is 5.69 Å². The standard InChI is InChI=1S/C15H21NO3/c1-9(2)11(8-17)10-5-6-12-13(7-10)19-15(3,4)14(18)16-12/h5-7,9,11,17H,8H2,1-4H3,(H,16,18). The Hall–Kier alpha value is -1.55. The fourth-order valence-corrected chi connectivity index (χ4v) is 2.25. The van der Waals surface area contributed by atoms with Gasteiger partial charge in [0.15, 0.2) is 5.60 Å². The summed E-state index contributed by atoms with van der Waals surface area (Å²) in [4.78, 5) is 11.8. The van der Waals surface area contributed by atoms with Gasteiger partial charge in [-0.2, -0.15) is 0 Å². The minimum atomic E-state index is -0.863. The van der Waals surface area contributed by atoms with Crippen molar-refractivity contribution >= 4 is 11.6 Å². The third-order valence-electron chi connectivity index (χ3n) is 3.60. The molecular formula is C15H21NO3. The molecule has 1 aromatic carbocycles. The number of hydrogen-bond acceptors (Lipinski definition) is 3. The first-order chi connectivity index (χ1) is 8.85. The van der Waals surface area contributed by atoms with E-state index in [4.69, 9.17) is 4.74 Å². The summed E-state index contributed by atoms with van der Waals surface area (Å²) in [6, 6.07) is 5.68. The van der Waals surface area contributed by atoms with Gasteiger partial charge in [-0.25, -0.2) is 0 Å². The molecule has 0 aliphatic carbocycles. The van der Waals surface area contributed by atoms with Crippen molar-refractivity contribution in [3.63, 3.8) is 0 Å². The Balaban J connectivity index is 2.37. The molecule has 0 saturated carbocycles. The van der Waals surface area contributed by atoms with Crippen LogP contribution in [0.3, 0.4) is 0 Å². The van der Waals surface area contributed by atoms with Gasteiger partial charge < -0.3 is 15.2 Å². The maximum absolute atomic E-state index is 11.8. The molecule has 1 unspecified atom stereocenters. The van der Waals surface area contributed by atoms with E-state index in [0.717, 1.165) is 5.56 Å². The lowest BCUT2D eigenvalue weighted by atomic mass is 9.88. The lowest BCUT2D eigenvalue weighted by molar-refractivity contribution is -0.129. The molecule has 2 rings (SSSR count). The van der Waals surface area contributed by atoms with Crippen LogP contribution in [-0.2, 0) is 4.79 Å². The number of benzene rings is 1. The number of nitrogens with one attached hydrogen (secondary N) is 1. The summed E-state index contributed by atoms with van der Waals surface area (Å²) in [5.41, 5.74) is 0.856. The van der Waals surface area contributed by atoms with E-state index in [9.17, 15) is 9.90 Å². The number of hydrogen-bond donors (Lipinski definition) is 2. The number of carbonyl (C=O) groups is 1. The van der Waals surface area contributed by atoms with Crippen LogP contribution in [0, 0.1) is 5.92 Å². The smallest absolute Gasteiger partial charge is 0.268 e. The molecule has 1 aromatic rings. The molecule has 2 N–H and O–H groups in total. The number of ether oxygens (including phenoxy) is 1. The van der Waals surface area contributed by atoms with Crippen LogP contribution in [0.25, 0.3) is 0 Å². The summed E-state index contributed by atoms with van der Waals surface area (Å²) in [5.74, 6) is 0.945. The molecule has 4 nitrogen and oxygen atoms in total. The molecule has 0 aromatic heterocycles. The topological polar surface area (TPSA) is 58.6 Å². The summed E-state index contributed by atoms with van der Waals surface area (Å²) < 4.78 is 5.75. The van der Waals surface area contributed by atoms with Crippen LogP contribution < -0.4 is 10.1 Å². The summed E-state index contributed by atoms with van der Waals surface area (Å²) in [6.45, 7) is 7.74. The van der Waals surface area contributed by atoms with Crippen molar-refractivity contribution in [2.24, 2.45) is 5.92 Å². The zero-order chi connectivity index (χ0) is 14.2. The van der Waals surface area contributed by atoms with Crippen LogP contribution in [-0.4, -0.2) is 23.2 Å². The van der Waals surface area contributed by atoms with E-state index >= 15 is 0 Å². The number of aliphatic hydroxyl groups is 1. The molecule has 0 fully saturated rings. The Morgan fingerprint density at radius 1 is 1.37 bits per heavy atom. The highest BCUT2D eigenvalue weighted by molar-refractivity contribution is 6.00. The number of rotatable bonds is 3. The van der Waals surface area contributed by atoms with Crippen molar-refractivity contribution < 1.29 is 14.6 Å². The first-order valence-electron chi connectivity index (χ1n) is 6.60. The lowest BCUT2D eigenvalue weighted by Crippen LogP contribution is -2.45. The van der Waals surface area contributed by atoms with Crippen molar-refractivity contribution in [2.75, 3.05) is 11.9 Å². The van der Waals surface area contributed by atoms with E-state index in [1.165, 1.54) is 0 Å². The maximum Gasteiger partial charge on any atom is 0.268 e. The first kappa shape index (κ1) is 13.9. The molecule has 19 heavy (non-hydrogen) atoms. The third-order valence-corrected chi connectivity index (χ3v) is 3.60. The SMILES string of the molecule is CC(C)C(CO)c1ccc2c(c1)OC(C)(C)C(=O)N2. The predicted molar refractivity (Wildman–Crippen MR) is 74.4 cm³/mol. The van der Waals surface area contributed by atoms with Gasteiger partial charge in [-0.1, -0.05) is 19.9 Å². The van der Waals surface area contributed by atoms with Crippen LogP contribution in [0.1, 0.15) is 39.2 Å². The number of aliphatic hydroxyl groups excluding tert-OH is 1. The van der Waals surface area contributed by atoms with Gasteiger partial charge in [-0.3, -0.25) is 4.79 Å². The fourth-order valence-electron chi connectivity index (χ4n) is 2.25. The zero-order valence-corrected chi connectivity index (χ0v) is 11.9. The van der Waals surface area contributed by atoms with Crippen molar-refractivity contribution in [1.82, 2.24) is 0 Å². The molecule has 1 amide bonds. The van der Waals surface area contributed by atoms with Gasteiger partial charge in [0.1, 0.15) is 5.75 Å². The van der Waals surface area contributed by atoms with Crippen molar-refractivity contribution in [3.05, 3.63) is 23.8 Å². The van der Waals surface area contributed by atoms with Gasteiger partial charge in [-0.05, 0) is 37.5 Å². The molecule has 1 atom stereocenters. The summed E-state index contributed by atoms with van der Waals surface area (Å²) in [6.07, 6.45) is 0. The summed E-state index contributed by atoms with van der Waals surface area (Å²) in [5, 5.41) is 12.3. The minimum Gasteiger partial charge on any atom is -0.476 e. The molecule has 0 spiro atoms. The van der Waals surface area contributed by atoms with E-state index in [-0.39, 0.29) is 18.4 Å². The monoisotopic (exact) mass is 263 g/mol. The van der Waals surface area contributed by atoms with Crippen molar-refractivity contribution in [3.8, 4) is 5.75 Å². The Kier molecular flexibility index (Phi) is 3.54. The molecule has 4 heteroatoms. The van der Waals surface area contributed by atoms with Crippen molar-refractivity contribution in [2.45, 2.75) is 39.2 Å². The van der Waals surface area contributed by atoms with E-state index in [0.29, 0.717) is 17.4 Å². The predicted octanol–water partition coefficient (Wildman–Crippen LogP) is 2.53. The normalized spacial score (nSPS) is 18.5. The number of fused-ring (bicyclic) bond motifs is 1. The van der Waals surface area contributed by atoms with Gasteiger partial charge in [0.25, 0.3) is 5.91 Å². The Bertz CT molecular complexity index is 494. The molecule has 104 valence electrons. The van der Waals surface area contributed by atoms with Crippen LogP contribution in [0.5, 0.6) is 5.75 Å². The largest absolute Gasteiger partial charge is 0.476 e. The quantitative estimate of drug-likeness (QED) is 0.881. The van der Waals surface area contributed by atoms with Gasteiger partial charge >= 0.3 is 0 Å². The van der Waals surface area contributed by atoms with Gasteiger partial charge in [-0.15, -0.1) is 0 Å². The van der Waals surface area contributed by atoms with Crippen LogP contribution >= 0.6 is 0 Å².